The average molecular weight is 307 g/mol. The molecule has 0 atom stereocenters. The Labute approximate surface area is 127 Å². The third kappa shape index (κ3) is 3.25. The van der Waals surface area contributed by atoms with Crippen LogP contribution in [0.15, 0.2) is 30.5 Å². The summed E-state index contributed by atoms with van der Waals surface area (Å²) >= 11 is 5.91. The summed E-state index contributed by atoms with van der Waals surface area (Å²) in [7, 11) is 0. The van der Waals surface area contributed by atoms with Crippen molar-refractivity contribution in [3.8, 4) is 0 Å². The molecule has 0 aliphatic carbocycles. The number of amides is 1. The molecule has 1 aromatic carbocycles. The van der Waals surface area contributed by atoms with Crippen LogP contribution < -0.4 is 5.32 Å². The molecule has 2 aromatic rings. The van der Waals surface area contributed by atoms with Crippen molar-refractivity contribution in [1.82, 2.24) is 4.57 Å². The number of nitrogens with zero attached hydrogens (tertiary/aromatic N) is 1. The van der Waals surface area contributed by atoms with Gasteiger partial charge in [-0.05, 0) is 43.7 Å². The number of benzene rings is 1. The first-order chi connectivity index (χ1) is 9.92. The van der Waals surface area contributed by atoms with Crippen LogP contribution in [0.1, 0.15) is 33.3 Å². The number of aromatic nitrogens is 1. The molecule has 1 heterocycles. The van der Waals surface area contributed by atoms with Crippen LogP contribution in [0.2, 0.25) is 5.02 Å². The zero-order valence-corrected chi connectivity index (χ0v) is 12.4. The summed E-state index contributed by atoms with van der Waals surface area (Å²) in [5.41, 5.74) is 1.91. The van der Waals surface area contributed by atoms with Crippen molar-refractivity contribution >= 4 is 29.2 Å². The summed E-state index contributed by atoms with van der Waals surface area (Å²) in [6, 6.07) is 6.15. The van der Waals surface area contributed by atoms with Gasteiger partial charge in [0.2, 0.25) is 0 Å². The van der Waals surface area contributed by atoms with Gasteiger partial charge in [0.05, 0.1) is 10.6 Å². The standard InChI is InChI=1S/C15H15ClN2O3/c1-3-18-8-11(16)7-13(18)14(19)17-12-5-4-10(15(20)21)6-9(12)2/h4-8H,3H2,1-2H3,(H,17,19)(H,20,21). The number of carbonyl (C=O) groups is 2. The van der Waals surface area contributed by atoms with Crippen molar-refractivity contribution in [3.05, 3.63) is 52.3 Å². The van der Waals surface area contributed by atoms with Gasteiger partial charge in [0.15, 0.2) is 0 Å². The Morgan fingerprint density at radius 2 is 2.05 bits per heavy atom. The van der Waals surface area contributed by atoms with Gasteiger partial charge in [-0.2, -0.15) is 0 Å². The predicted octanol–water partition coefficient (Wildman–Crippen LogP) is 3.42. The second-order valence-corrected chi connectivity index (χ2v) is 5.05. The molecule has 110 valence electrons. The molecule has 0 aliphatic heterocycles. The maximum absolute atomic E-state index is 12.3. The highest BCUT2D eigenvalue weighted by Gasteiger charge is 2.14. The van der Waals surface area contributed by atoms with E-state index in [9.17, 15) is 9.59 Å². The molecule has 0 radical (unpaired) electrons. The molecule has 2 rings (SSSR count). The summed E-state index contributed by atoms with van der Waals surface area (Å²) in [6.45, 7) is 4.29. The largest absolute Gasteiger partial charge is 0.478 e. The molecule has 5 nitrogen and oxygen atoms in total. The molecule has 21 heavy (non-hydrogen) atoms. The number of halogens is 1. The average Bonchev–Trinajstić information content (AvgIpc) is 2.82. The molecule has 2 N–H and O–H groups in total. The molecule has 0 unspecified atom stereocenters. The van der Waals surface area contributed by atoms with Gasteiger partial charge in [-0.1, -0.05) is 11.6 Å². The number of anilines is 1. The lowest BCUT2D eigenvalue weighted by Gasteiger charge is -2.10. The maximum atomic E-state index is 12.3. The molecule has 0 fully saturated rings. The number of hydrogen-bond acceptors (Lipinski definition) is 2. The van der Waals surface area contributed by atoms with Crippen LogP contribution >= 0.6 is 11.6 Å². The molecule has 1 aromatic heterocycles. The summed E-state index contributed by atoms with van der Waals surface area (Å²) in [4.78, 5) is 23.2. The van der Waals surface area contributed by atoms with Crippen LogP contribution in [0.3, 0.4) is 0 Å². The topological polar surface area (TPSA) is 71.3 Å². The number of aryl methyl sites for hydroxylation is 2. The van der Waals surface area contributed by atoms with Crippen molar-refractivity contribution in [3.63, 3.8) is 0 Å². The quantitative estimate of drug-likeness (QED) is 0.909. The smallest absolute Gasteiger partial charge is 0.335 e. The van der Waals surface area contributed by atoms with Crippen molar-refractivity contribution in [2.45, 2.75) is 20.4 Å². The zero-order chi connectivity index (χ0) is 15.6. The number of carboxylic acid groups (broad SMARTS) is 1. The molecule has 6 heteroatoms. The first-order valence-electron chi connectivity index (χ1n) is 6.43. The van der Waals surface area contributed by atoms with E-state index in [1.807, 2.05) is 6.92 Å². The Bertz CT molecular complexity index is 707. The Morgan fingerprint density at radius 1 is 1.33 bits per heavy atom. The number of aromatic carboxylic acids is 1. The van der Waals surface area contributed by atoms with Crippen molar-refractivity contribution < 1.29 is 14.7 Å². The third-order valence-corrected chi connectivity index (χ3v) is 3.36. The number of carboxylic acids is 1. The van der Waals surface area contributed by atoms with Crippen LogP contribution in [-0.4, -0.2) is 21.6 Å². The fourth-order valence-electron chi connectivity index (χ4n) is 2.05. The van der Waals surface area contributed by atoms with Crippen molar-refractivity contribution in [2.24, 2.45) is 0 Å². The van der Waals surface area contributed by atoms with Gasteiger partial charge in [-0.15, -0.1) is 0 Å². The van der Waals surface area contributed by atoms with Crippen LogP contribution in [-0.2, 0) is 6.54 Å². The molecule has 0 spiro atoms. The van der Waals surface area contributed by atoms with E-state index >= 15 is 0 Å². The second-order valence-electron chi connectivity index (χ2n) is 4.62. The Hall–Kier alpha value is -2.27. The van der Waals surface area contributed by atoms with E-state index in [0.717, 1.165) is 0 Å². The van der Waals surface area contributed by atoms with Crippen LogP contribution in [0, 0.1) is 6.92 Å². The van der Waals surface area contributed by atoms with E-state index in [4.69, 9.17) is 16.7 Å². The fraction of sp³-hybridized carbons (Fsp3) is 0.200. The van der Waals surface area contributed by atoms with Gasteiger partial charge in [0.25, 0.3) is 5.91 Å². The monoisotopic (exact) mass is 306 g/mol. The summed E-state index contributed by atoms with van der Waals surface area (Å²) in [6.07, 6.45) is 1.69. The van der Waals surface area contributed by atoms with Gasteiger partial charge >= 0.3 is 5.97 Å². The predicted molar refractivity (Wildman–Crippen MR) is 81.2 cm³/mol. The molecule has 0 saturated carbocycles. The van der Waals surface area contributed by atoms with Gasteiger partial charge < -0.3 is 15.0 Å². The number of carbonyl (C=O) groups excluding carboxylic acids is 1. The number of hydrogen-bond donors (Lipinski definition) is 2. The van der Waals surface area contributed by atoms with Crippen LogP contribution in [0.5, 0.6) is 0 Å². The molecular formula is C15H15ClN2O3. The lowest BCUT2D eigenvalue weighted by atomic mass is 10.1. The van der Waals surface area contributed by atoms with Crippen LogP contribution in [0.4, 0.5) is 5.69 Å². The third-order valence-electron chi connectivity index (χ3n) is 3.16. The molecule has 0 aliphatic rings. The normalized spacial score (nSPS) is 10.4. The Kier molecular flexibility index (Phi) is 4.33. The fourth-order valence-corrected chi connectivity index (χ4v) is 2.27. The van der Waals surface area contributed by atoms with Gasteiger partial charge in [-0.25, -0.2) is 4.79 Å². The van der Waals surface area contributed by atoms with E-state index < -0.39 is 5.97 Å². The van der Waals surface area contributed by atoms with Crippen molar-refractivity contribution in [1.29, 1.82) is 0 Å². The first kappa shape index (κ1) is 15.1. The zero-order valence-electron chi connectivity index (χ0n) is 11.7. The number of nitrogens with one attached hydrogen (secondary N) is 1. The minimum atomic E-state index is -0.998. The van der Waals surface area contributed by atoms with Gasteiger partial charge in [0.1, 0.15) is 5.69 Å². The van der Waals surface area contributed by atoms with Crippen LogP contribution in [0.25, 0.3) is 0 Å². The lowest BCUT2D eigenvalue weighted by Crippen LogP contribution is -2.17. The minimum Gasteiger partial charge on any atom is -0.478 e. The molecule has 1 amide bonds. The van der Waals surface area contributed by atoms with E-state index in [1.54, 1.807) is 29.8 Å². The Morgan fingerprint density at radius 3 is 2.62 bits per heavy atom. The summed E-state index contributed by atoms with van der Waals surface area (Å²) in [5.74, 6) is -1.28. The lowest BCUT2D eigenvalue weighted by molar-refractivity contribution is 0.0696. The van der Waals surface area contributed by atoms with E-state index in [-0.39, 0.29) is 11.5 Å². The van der Waals surface area contributed by atoms with Crippen molar-refractivity contribution in [2.75, 3.05) is 5.32 Å². The number of rotatable bonds is 4. The molecule has 0 saturated heterocycles. The minimum absolute atomic E-state index is 0.186. The highest BCUT2D eigenvalue weighted by atomic mass is 35.5. The Balaban J connectivity index is 2.25. The second kappa shape index (κ2) is 6.01. The van der Waals surface area contributed by atoms with E-state index in [2.05, 4.69) is 5.32 Å². The summed E-state index contributed by atoms with van der Waals surface area (Å²) < 4.78 is 1.75. The maximum Gasteiger partial charge on any atom is 0.335 e. The highest BCUT2D eigenvalue weighted by molar-refractivity contribution is 6.31. The molecule has 0 bridgehead atoms. The van der Waals surface area contributed by atoms with Gasteiger partial charge in [-0.3, -0.25) is 4.79 Å². The highest BCUT2D eigenvalue weighted by Crippen LogP contribution is 2.19. The molecular weight excluding hydrogens is 292 g/mol. The SMILES string of the molecule is CCn1cc(Cl)cc1C(=O)Nc1ccc(C(=O)O)cc1C. The van der Waals surface area contributed by atoms with E-state index in [1.165, 1.54) is 12.1 Å². The first-order valence-corrected chi connectivity index (χ1v) is 6.81. The van der Waals surface area contributed by atoms with E-state index in [0.29, 0.717) is 28.5 Å². The summed E-state index contributed by atoms with van der Waals surface area (Å²) in [5, 5.41) is 12.2. The van der Waals surface area contributed by atoms with Gasteiger partial charge in [0, 0.05) is 18.4 Å².